The molecule has 3 rings (SSSR count). The number of benzene rings is 1. The van der Waals surface area contributed by atoms with E-state index in [0.29, 0.717) is 39.2 Å². The Kier molecular flexibility index (Phi) is 7.88. The van der Waals surface area contributed by atoms with Gasteiger partial charge in [0.2, 0.25) is 17.7 Å². The fraction of sp³-hybridized carbons (Fsp3) is 0.583. The Labute approximate surface area is 189 Å². The third kappa shape index (κ3) is 5.87. The third-order valence-corrected chi connectivity index (χ3v) is 6.20. The minimum Gasteiger partial charge on any atom is -0.466 e. The van der Waals surface area contributed by atoms with Crippen LogP contribution >= 0.6 is 0 Å². The molecule has 2 saturated heterocycles. The van der Waals surface area contributed by atoms with Crippen molar-refractivity contribution >= 4 is 23.7 Å². The molecule has 1 aromatic rings. The molecule has 174 valence electrons. The van der Waals surface area contributed by atoms with Crippen LogP contribution in [0.5, 0.6) is 0 Å². The Balaban J connectivity index is 1.51. The second-order valence-corrected chi connectivity index (χ2v) is 8.79. The molecule has 0 bridgehead atoms. The number of likely N-dealkylation sites (N-methyl/N-ethyl adjacent to an activating group) is 1. The molecule has 0 aliphatic carbocycles. The van der Waals surface area contributed by atoms with Crippen LogP contribution in [-0.4, -0.2) is 78.2 Å². The quantitative estimate of drug-likeness (QED) is 0.598. The van der Waals surface area contributed by atoms with Gasteiger partial charge in [0.05, 0.1) is 25.0 Å². The lowest BCUT2D eigenvalue weighted by molar-refractivity contribution is -0.152. The lowest BCUT2D eigenvalue weighted by Crippen LogP contribution is -2.48. The largest absolute Gasteiger partial charge is 0.466 e. The molecule has 0 radical (unpaired) electrons. The van der Waals surface area contributed by atoms with E-state index in [1.54, 1.807) is 23.8 Å². The first kappa shape index (κ1) is 23.8. The predicted molar refractivity (Wildman–Crippen MR) is 118 cm³/mol. The fourth-order valence-corrected chi connectivity index (χ4v) is 4.35. The van der Waals surface area contributed by atoms with Crippen molar-refractivity contribution in [2.75, 3.05) is 39.8 Å². The first-order valence-corrected chi connectivity index (χ1v) is 11.3. The summed E-state index contributed by atoms with van der Waals surface area (Å²) in [4.78, 5) is 54.9. The molecule has 32 heavy (non-hydrogen) atoms. The van der Waals surface area contributed by atoms with Crippen LogP contribution in [0.2, 0.25) is 0 Å². The van der Waals surface area contributed by atoms with Crippen molar-refractivity contribution in [2.24, 2.45) is 11.8 Å². The summed E-state index contributed by atoms with van der Waals surface area (Å²) < 4.78 is 5.09. The van der Waals surface area contributed by atoms with Crippen molar-refractivity contribution in [1.29, 1.82) is 0 Å². The fourth-order valence-electron chi connectivity index (χ4n) is 4.35. The predicted octanol–water partition coefficient (Wildman–Crippen LogP) is 1.60. The molecule has 8 heteroatoms. The van der Waals surface area contributed by atoms with Crippen molar-refractivity contribution in [3.63, 3.8) is 0 Å². The summed E-state index contributed by atoms with van der Waals surface area (Å²) in [5, 5.41) is 0. The maximum absolute atomic E-state index is 12.9. The van der Waals surface area contributed by atoms with E-state index in [1.807, 2.05) is 31.2 Å². The van der Waals surface area contributed by atoms with Crippen LogP contribution in [0.3, 0.4) is 0 Å². The number of rotatable bonds is 7. The summed E-state index contributed by atoms with van der Waals surface area (Å²) >= 11 is 0. The summed E-state index contributed by atoms with van der Waals surface area (Å²) in [6, 6.07) is 7.99. The summed E-state index contributed by atoms with van der Waals surface area (Å²) in [7, 11) is 1.60. The second kappa shape index (κ2) is 10.6. The van der Waals surface area contributed by atoms with Gasteiger partial charge < -0.3 is 19.4 Å². The lowest BCUT2D eigenvalue weighted by Gasteiger charge is -2.33. The van der Waals surface area contributed by atoms with Crippen LogP contribution in [0.15, 0.2) is 24.3 Å². The Morgan fingerprint density at radius 3 is 2.53 bits per heavy atom. The Bertz CT molecular complexity index is 854. The van der Waals surface area contributed by atoms with E-state index < -0.39 is 5.92 Å². The molecule has 1 aromatic carbocycles. The average Bonchev–Trinajstić information content (AvgIpc) is 3.15. The smallest absolute Gasteiger partial charge is 0.310 e. The van der Waals surface area contributed by atoms with Crippen LogP contribution in [0.1, 0.15) is 37.3 Å². The first-order valence-electron chi connectivity index (χ1n) is 11.3. The third-order valence-electron chi connectivity index (χ3n) is 6.20. The molecule has 2 unspecified atom stereocenters. The van der Waals surface area contributed by atoms with Gasteiger partial charge in [0.1, 0.15) is 0 Å². The topological polar surface area (TPSA) is 87.2 Å². The number of likely N-dealkylation sites (tertiary alicyclic amines) is 2. The molecule has 0 N–H and O–H groups in total. The van der Waals surface area contributed by atoms with Crippen LogP contribution in [0.25, 0.3) is 0 Å². The number of carbonyl (C=O) groups is 4. The average molecular weight is 444 g/mol. The number of hydrogen-bond donors (Lipinski definition) is 0. The number of nitrogens with zero attached hydrogens (tertiary/aromatic N) is 3. The second-order valence-electron chi connectivity index (χ2n) is 8.79. The Morgan fingerprint density at radius 1 is 1.12 bits per heavy atom. The van der Waals surface area contributed by atoms with E-state index in [2.05, 4.69) is 0 Å². The van der Waals surface area contributed by atoms with E-state index in [9.17, 15) is 19.2 Å². The van der Waals surface area contributed by atoms with Gasteiger partial charge in [-0.15, -0.1) is 0 Å². The van der Waals surface area contributed by atoms with Gasteiger partial charge in [-0.05, 0) is 32.3 Å². The number of amides is 3. The summed E-state index contributed by atoms with van der Waals surface area (Å²) in [5.41, 5.74) is 2.19. The molecule has 2 fully saturated rings. The molecule has 0 saturated carbocycles. The van der Waals surface area contributed by atoms with Crippen LogP contribution in [-0.2, 0) is 30.5 Å². The van der Waals surface area contributed by atoms with Crippen molar-refractivity contribution in [2.45, 2.75) is 39.7 Å². The highest BCUT2D eigenvalue weighted by Gasteiger charge is 2.37. The summed E-state index contributed by atoms with van der Waals surface area (Å²) in [5.74, 6) is -1.45. The number of carbonyl (C=O) groups excluding carboxylic acids is 4. The molecular weight excluding hydrogens is 410 g/mol. The minimum absolute atomic E-state index is 0.0445. The molecule has 3 amide bonds. The molecular formula is C24H33N3O5. The van der Waals surface area contributed by atoms with E-state index in [0.717, 1.165) is 17.5 Å². The molecule has 2 heterocycles. The number of esters is 1. The Morgan fingerprint density at radius 2 is 1.84 bits per heavy atom. The van der Waals surface area contributed by atoms with E-state index in [4.69, 9.17) is 4.74 Å². The number of hydrogen-bond acceptors (Lipinski definition) is 5. The minimum atomic E-state index is -0.445. The maximum atomic E-state index is 12.9. The molecule has 0 aromatic heterocycles. The van der Waals surface area contributed by atoms with Crippen molar-refractivity contribution in [1.82, 2.24) is 14.7 Å². The van der Waals surface area contributed by atoms with Crippen molar-refractivity contribution < 1.29 is 23.9 Å². The van der Waals surface area contributed by atoms with Crippen molar-refractivity contribution in [3.05, 3.63) is 35.4 Å². The van der Waals surface area contributed by atoms with E-state index in [-0.39, 0.29) is 42.6 Å². The van der Waals surface area contributed by atoms with Gasteiger partial charge >= 0.3 is 5.97 Å². The molecule has 0 spiro atoms. The normalized spacial score (nSPS) is 20.9. The van der Waals surface area contributed by atoms with E-state index >= 15 is 0 Å². The van der Waals surface area contributed by atoms with Gasteiger partial charge in [-0.3, -0.25) is 19.2 Å². The monoisotopic (exact) mass is 443 g/mol. The van der Waals surface area contributed by atoms with Gasteiger partial charge in [-0.25, -0.2) is 0 Å². The zero-order valence-electron chi connectivity index (χ0n) is 19.2. The first-order chi connectivity index (χ1) is 15.3. The van der Waals surface area contributed by atoms with Gasteiger partial charge in [0.15, 0.2) is 0 Å². The van der Waals surface area contributed by atoms with Crippen LogP contribution in [0.4, 0.5) is 0 Å². The molecule has 2 aliphatic heterocycles. The maximum Gasteiger partial charge on any atom is 0.310 e. The number of aryl methyl sites for hydroxylation is 1. The zero-order valence-corrected chi connectivity index (χ0v) is 19.2. The molecule has 8 nitrogen and oxygen atoms in total. The standard InChI is InChI=1S/C24H33N3O5/c1-4-32-24(31)19-6-5-11-26(14-19)22(29)16-25(3)23(30)20-12-21(28)27(15-20)13-18-9-7-17(2)8-10-18/h7-10,19-20H,4-6,11-16H2,1-3H3. The number of ether oxygens (including phenoxy) is 1. The highest BCUT2D eigenvalue weighted by atomic mass is 16.5. The Hall–Kier alpha value is -2.90. The van der Waals surface area contributed by atoms with E-state index in [1.165, 1.54) is 4.90 Å². The number of piperidine rings is 1. The van der Waals surface area contributed by atoms with Gasteiger partial charge in [0.25, 0.3) is 0 Å². The molecule has 2 atom stereocenters. The van der Waals surface area contributed by atoms with Crippen LogP contribution in [0, 0.1) is 18.8 Å². The van der Waals surface area contributed by atoms with Crippen LogP contribution < -0.4 is 0 Å². The zero-order chi connectivity index (χ0) is 23.3. The highest BCUT2D eigenvalue weighted by molar-refractivity contribution is 5.91. The van der Waals surface area contributed by atoms with Gasteiger partial charge in [-0.2, -0.15) is 0 Å². The van der Waals surface area contributed by atoms with Gasteiger partial charge in [-0.1, -0.05) is 29.8 Å². The SMILES string of the molecule is CCOC(=O)C1CCCN(C(=O)CN(C)C(=O)C2CC(=O)N(Cc3ccc(C)cc3)C2)C1. The lowest BCUT2D eigenvalue weighted by atomic mass is 9.98. The van der Waals surface area contributed by atoms with Gasteiger partial charge in [0, 0.05) is 39.6 Å². The summed E-state index contributed by atoms with van der Waals surface area (Å²) in [6.45, 7) is 5.78. The highest BCUT2D eigenvalue weighted by Crippen LogP contribution is 2.23. The van der Waals surface area contributed by atoms with Crippen molar-refractivity contribution in [3.8, 4) is 0 Å². The summed E-state index contributed by atoms with van der Waals surface area (Å²) in [6.07, 6.45) is 1.61. The molecule has 2 aliphatic rings.